The molecule has 0 saturated carbocycles. The minimum atomic E-state index is -3.51. The van der Waals surface area contributed by atoms with Gasteiger partial charge in [0.2, 0.25) is 10.0 Å². The molecule has 1 aromatic heterocycles. The number of hydrogen-bond acceptors (Lipinski definition) is 4. The molecule has 2 heterocycles. The molecule has 2 aromatic rings. The van der Waals surface area contributed by atoms with E-state index in [0.717, 1.165) is 47.5 Å². The van der Waals surface area contributed by atoms with Gasteiger partial charge in [0.05, 0.1) is 4.90 Å². The van der Waals surface area contributed by atoms with E-state index < -0.39 is 10.0 Å². The first-order valence-corrected chi connectivity index (χ1v) is 11.3. The van der Waals surface area contributed by atoms with Crippen molar-refractivity contribution < 1.29 is 8.42 Å². The molecule has 8 heteroatoms. The van der Waals surface area contributed by atoms with Gasteiger partial charge >= 0.3 is 0 Å². The zero-order valence-electron chi connectivity index (χ0n) is 16.7. The van der Waals surface area contributed by atoms with E-state index in [0.29, 0.717) is 22.8 Å². The number of H-pyrrole nitrogens is 1. The molecule has 1 fully saturated rings. The molecule has 0 amide bonds. The normalized spacial score (nSPS) is 16.8. The van der Waals surface area contributed by atoms with Crippen LogP contribution in [0, 0.1) is 32.5 Å². The molecule has 0 radical (unpaired) electrons. The van der Waals surface area contributed by atoms with Crippen LogP contribution >= 0.6 is 12.2 Å². The number of aromatic nitrogens is 3. The minimum absolute atomic E-state index is 0.228. The van der Waals surface area contributed by atoms with Crippen LogP contribution in [0.4, 0.5) is 0 Å². The largest absolute Gasteiger partial charge is 0.304 e. The SMILES string of the molecule is CCn1c(C2CCN(S(=O)(=O)c3c(C)c(C)cc(C)c3C)CC2)n[nH]c1=S. The van der Waals surface area contributed by atoms with Crippen molar-refractivity contribution in [3.05, 3.63) is 38.9 Å². The first-order valence-electron chi connectivity index (χ1n) is 9.41. The number of benzene rings is 1. The molecule has 27 heavy (non-hydrogen) atoms. The lowest BCUT2D eigenvalue weighted by Gasteiger charge is -2.32. The number of nitrogens with zero attached hydrogens (tertiary/aromatic N) is 3. The van der Waals surface area contributed by atoms with Crippen molar-refractivity contribution in [3.63, 3.8) is 0 Å². The summed E-state index contributed by atoms with van der Waals surface area (Å²) >= 11 is 5.28. The third-order valence-corrected chi connectivity index (χ3v) is 8.30. The lowest BCUT2D eigenvalue weighted by molar-refractivity contribution is 0.309. The van der Waals surface area contributed by atoms with Gasteiger partial charge in [-0.15, -0.1) is 0 Å². The average Bonchev–Trinajstić information content (AvgIpc) is 3.00. The molecule has 3 rings (SSSR count). The molecule has 0 spiro atoms. The molecule has 1 saturated heterocycles. The van der Waals surface area contributed by atoms with Crippen molar-refractivity contribution >= 4 is 22.2 Å². The molecule has 0 bridgehead atoms. The Hall–Kier alpha value is -1.51. The highest BCUT2D eigenvalue weighted by atomic mass is 32.2. The van der Waals surface area contributed by atoms with Gasteiger partial charge < -0.3 is 4.57 Å². The molecule has 1 aliphatic rings. The van der Waals surface area contributed by atoms with Crippen LogP contribution in [0.1, 0.15) is 53.8 Å². The summed E-state index contributed by atoms with van der Waals surface area (Å²) in [4.78, 5) is 0.481. The molecule has 0 aliphatic carbocycles. The highest BCUT2D eigenvalue weighted by Crippen LogP contribution is 2.33. The van der Waals surface area contributed by atoms with Crippen LogP contribution in [0.15, 0.2) is 11.0 Å². The van der Waals surface area contributed by atoms with E-state index >= 15 is 0 Å². The Morgan fingerprint density at radius 2 is 1.70 bits per heavy atom. The predicted molar refractivity (Wildman–Crippen MR) is 109 cm³/mol. The van der Waals surface area contributed by atoms with Crippen molar-refractivity contribution in [1.82, 2.24) is 19.1 Å². The maximum absolute atomic E-state index is 13.4. The monoisotopic (exact) mass is 408 g/mol. The minimum Gasteiger partial charge on any atom is -0.304 e. The second-order valence-electron chi connectivity index (χ2n) is 7.40. The fraction of sp³-hybridized carbons (Fsp3) is 0.579. The summed E-state index contributed by atoms with van der Waals surface area (Å²) in [5, 5.41) is 7.25. The van der Waals surface area contributed by atoms with Crippen LogP contribution in [0.5, 0.6) is 0 Å². The van der Waals surface area contributed by atoms with Gasteiger partial charge in [0, 0.05) is 25.6 Å². The van der Waals surface area contributed by atoms with Gasteiger partial charge in [0.1, 0.15) is 5.82 Å². The van der Waals surface area contributed by atoms with E-state index in [1.807, 2.05) is 39.2 Å². The first kappa shape index (κ1) is 20.2. The van der Waals surface area contributed by atoms with Crippen LogP contribution in [-0.2, 0) is 16.6 Å². The van der Waals surface area contributed by atoms with Crippen molar-refractivity contribution in [2.24, 2.45) is 0 Å². The van der Waals surface area contributed by atoms with Crippen LogP contribution in [-0.4, -0.2) is 40.6 Å². The Kier molecular flexibility index (Phi) is 5.61. The van der Waals surface area contributed by atoms with E-state index in [4.69, 9.17) is 12.2 Å². The Morgan fingerprint density at radius 1 is 1.15 bits per heavy atom. The molecular formula is C19H28N4O2S2. The lowest BCUT2D eigenvalue weighted by atomic mass is 9.97. The number of sulfonamides is 1. The highest BCUT2D eigenvalue weighted by Gasteiger charge is 2.34. The molecule has 0 atom stereocenters. The zero-order chi connectivity index (χ0) is 19.9. The summed E-state index contributed by atoms with van der Waals surface area (Å²) in [7, 11) is -3.51. The maximum atomic E-state index is 13.4. The topological polar surface area (TPSA) is 71.0 Å². The zero-order valence-corrected chi connectivity index (χ0v) is 18.3. The number of aromatic amines is 1. The Balaban J connectivity index is 1.87. The van der Waals surface area contributed by atoms with Crippen molar-refractivity contribution in [2.75, 3.05) is 13.1 Å². The summed E-state index contributed by atoms with van der Waals surface area (Å²) in [5.41, 5.74) is 3.74. The van der Waals surface area contributed by atoms with E-state index in [-0.39, 0.29) is 5.92 Å². The molecule has 1 N–H and O–H groups in total. The Labute approximate surface area is 166 Å². The summed E-state index contributed by atoms with van der Waals surface area (Å²) in [5.74, 6) is 1.17. The third-order valence-electron chi connectivity index (χ3n) is 5.82. The Morgan fingerprint density at radius 3 is 2.22 bits per heavy atom. The first-order chi connectivity index (χ1) is 12.7. The number of hydrogen-bond donors (Lipinski definition) is 1. The molecule has 0 unspecified atom stereocenters. The Bertz CT molecular complexity index is 987. The standard InChI is InChI=1S/C19H28N4O2S2/c1-6-23-18(20-21-19(23)26)16-7-9-22(10-8-16)27(24,25)17-14(4)12(2)11-13(3)15(17)5/h11,16H,6-10H2,1-5H3,(H,21,26). The molecule has 6 nitrogen and oxygen atoms in total. The van der Waals surface area contributed by atoms with E-state index in [2.05, 4.69) is 16.3 Å². The third kappa shape index (κ3) is 3.50. The van der Waals surface area contributed by atoms with Gasteiger partial charge in [0.15, 0.2) is 4.77 Å². The van der Waals surface area contributed by atoms with E-state index in [9.17, 15) is 8.42 Å². The van der Waals surface area contributed by atoms with Crippen molar-refractivity contribution in [1.29, 1.82) is 0 Å². The molecular weight excluding hydrogens is 380 g/mol. The predicted octanol–water partition coefficient (Wildman–Crippen LogP) is 3.76. The summed E-state index contributed by atoms with van der Waals surface area (Å²) in [6, 6.07) is 2.06. The number of nitrogens with one attached hydrogen (secondary N) is 1. The summed E-state index contributed by atoms with van der Waals surface area (Å²) in [6.07, 6.45) is 1.50. The van der Waals surface area contributed by atoms with E-state index in [1.165, 1.54) is 0 Å². The molecule has 1 aliphatic heterocycles. The fourth-order valence-corrected chi connectivity index (χ4v) is 6.31. The van der Waals surface area contributed by atoms with Gasteiger partial charge in [0.25, 0.3) is 0 Å². The lowest BCUT2D eigenvalue weighted by Crippen LogP contribution is -2.39. The number of piperidine rings is 1. The maximum Gasteiger partial charge on any atom is 0.243 e. The summed E-state index contributed by atoms with van der Waals surface area (Å²) < 4.78 is 31.0. The van der Waals surface area contributed by atoms with Gasteiger partial charge in [-0.3, -0.25) is 5.10 Å². The summed E-state index contributed by atoms with van der Waals surface area (Å²) in [6.45, 7) is 11.6. The number of aryl methyl sites for hydroxylation is 2. The van der Waals surface area contributed by atoms with Crippen LogP contribution in [0.25, 0.3) is 0 Å². The van der Waals surface area contributed by atoms with Gasteiger partial charge in [-0.1, -0.05) is 6.07 Å². The van der Waals surface area contributed by atoms with Gasteiger partial charge in [-0.05, 0) is 81.9 Å². The van der Waals surface area contributed by atoms with Crippen LogP contribution in [0.2, 0.25) is 0 Å². The van der Waals surface area contributed by atoms with E-state index in [1.54, 1.807) is 4.31 Å². The number of rotatable bonds is 4. The van der Waals surface area contributed by atoms with Crippen LogP contribution < -0.4 is 0 Å². The van der Waals surface area contributed by atoms with Gasteiger partial charge in [-0.25, -0.2) is 8.42 Å². The quantitative estimate of drug-likeness (QED) is 0.782. The average molecular weight is 409 g/mol. The second kappa shape index (κ2) is 7.48. The van der Waals surface area contributed by atoms with Gasteiger partial charge in [-0.2, -0.15) is 9.40 Å². The van der Waals surface area contributed by atoms with Crippen LogP contribution in [0.3, 0.4) is 0 Å². The smallest absolute Gasteiger partial charge is 0.243 e. The molecule has 1 aromatic carbocycles. The fourth-order valence-electron chi connectivity index (χ4n) is 4.00. The molecule has 148 valence electrons. The highest BCUT2D eigenvalue weighted by molar-refractivity contribution is 7.89. The second-order valence-corrected chi connectivity index (χ2v) is 9.66. The van der Waals surface area contributed by atoms with Crippen molar-refractivity contribution in [3.8, 4) is 0 Å². The van der Waals surface area contributed by atoms with Crippen molar-refractivity contribution in [2.45, 2.75) is 64.8 Å².